The summed E-state index contributed by atoms with van der Waals surface area (Å²) in [6.07, 6.45) is 7.06. The van der Waals surface area contributed by atoms with E-state index < -0.39 is 0 Å². The number of benzene rings is 6. The second kappa shape index (κ2) is 13.0. The van der Waals surface area contributed by atoms with Gasteiger partial charge in [0, 0.05) is 68.8 Å². The van der Waals surface area contributed by atoms with E-state index in [0.29, 0.717) is 17.5 Å². The van der Waals surface area contributed by atoms with Crippen LogP contribution in [0.5, 0.6) is 0 Å². The standard InChI is InChI=1S/C49H30N6O/c1-3-13-31(14-4-1)39-27-35(49-53-47(33-17-11-25-50-29-33)52-48(54-49)34-18-12-26-51-30-34)28-40(32-15-5-2-6-16-32)45(39)55-41-21-9-7-19-36(41)37-23-24-43-44(46(37)55)38-20-8-10-22-42(38)56-43/h1-30H. The lowest BCUT2D eigenvalue weighted by atomic mass is 9.92. The fraction of sp³-hybridized carbons (Fsp3) is 0. The molecule has 5 heterocycles. The SMILES string of the molecule is c1ccc(-c2cc(-c3nc(-c4cccnc4)nc(-c4cccnc4)n3)cc(-c3ccccc3)c2-n2c3ccccc3c3ccc4oc5ccccc5c4c32)cc1. The van der Waals surface area contributed by atoms with Crippen LogP contribution in [-0.4, -0.2) is 29.5 Å². The highest BCUT2D eigenvalue weighted by molar-refractivity contribution is 6.25. The molecule has 0 amide bonds. The van der Waals surface area contributed by atoms with Crippen molar-refractivity contribution in [1.29, 1.82) is 0 Å². The van der Waals surface area contributed by atoms with Crippen LogP contribution in [0, 0.1) is 0 Å². The minimum atomic E-state index is 0.533. The first-order valence-electron chi connectivity index (χ1n) is 18.5. The Balaban J connectivity index is 1.30. The van der Waals surface area contributed by atoms with Gasteiger partial charge >= 0.3 is 0 Å². The molecule has 0 aliphatic heterocycles. The summed E-state index contributed by atoms with van der Waals surface area (Å²) < 4.78 is 8.95. The Morgan fingerprint density at radius 3 is 1.55 bits per heavy atom. The predicted molar refractivity (Wildman–Crippen MR) is 224 cm³/mol. The summed E-state index contributed by atoms with van der Waals surface area (Å²) in [6, 6.07) is 54.6. The number of para-hydroxylation sites is 2. The fourth-order valence-corrected chi connectivity index (χ4v) is 7.93. The van der Waals surface area contributed by atoms with Crippen LogP contribution in [-0.2, 0) is 0 Å². The van der Waals surface area contributed by atoms with E-state index in [1.54, 1.807) is 24.8 Å². The monoisotopic (exact) mass is 718 g/mol. The summed E-state index contributed by atoms with van der Waals surface area (Å²) in [4.78, 5) is 23.9. The van der Waals surface area contributed by atoms with Gasteiger partial charge in [-0.1, -0.05) is 97.1 Å². The number of aromatic nitrogens is 6. The van der Waals surface area contributed by atoms with E-state index in [-0.39, 0.29) is 0 Å². The van der Waals surface area contributed by atoms with E-state index in [1.165, 1.54) is 0 Å². The lowest BCUT2D eigenvalue weighted by Crippen LogP contribution is -2.04. The van der Waals surface area contributed by atoms with Crippen molar-refractivity contribution in [2.24, 2.45) is 0 Å². The molecule has 0 saturated carbocycles. The van der Waals surface area contributed by atoms with E-state index in [1.807, 2.05) is 36.4 Å². The molecule has 5 aromatic heterocycles. The van der Waals surface area contributed by atoms with Crippen LogP contribution in [0.15, 0.2) is 187 Å². The molecule has 0 spiro atoms. The van der Waals surface area contributed by atoms with Crippen molar-refractivity contribution in [2.75, 3.05) is 0 Å². The summed E-state index contributed by atoms with van der Waals surface area (Å²) in [5, 5.41) is 4.47. The first-order valence-corrected chi connectivity index (χ1v) is 18.5. The predicted octanol–water partition coefficient (Wildman–Crippen LogP) is 12.0. The molecule has 0 unspecified atom stereocenters. The Bertz CT molecular complexity index is 3110. The van der Waals surface area contributed by atoms with Crippen LogP contribution in [0.1, 0.15) is 0 Å². The molecule has 6 aromatic carbocycles. The molecule has 0 aliphatic carbocycles. The van der Waals surface area contributed by atoms with Gasteiger partial charge in [-0.05, 0) is 71.8 Å². The third-order valence-corrected chi connectivity index (χ3v) is 10.4. The van der Waals surface area contributed by atoms with Crippen LogP contribution in [0.3, 0.4) is 0 Å². The molecule has 0 aliphatic rings. The third kappa shape index (κ3) is 5.17. The van der Waals surface area contributed by atoms with E-state index in [4.69, 9.17) is 19.4 Å². The fourth-order valence-electron chi connectivity index (χ4n) is 7.93. The Kier molecular flexibility index (Phi) is 7.35. The van der Waals surface area contributed by atoms with Gasteiger partial charge < -0.3 is 8.98 Å². The van der Waals surface area contributed by atoms with Crippen molar-refractivity contribution < 1.29 is 4.42 Å². The van der Waals surface area contributed by atoms with Crippen molar-refractivity contribution in [3.8, 4) is 62.1 Å². The molecule has 262 valence electrons. The highest BCUT2D eigenvalue weighted by Crippen LogP contribution is 2.46. The number of pyridine rings is 2. The van der Waals surface area contributed by atoms with Crippen molar-refractivity contribution in [1.82, 2.24) is 29.5 Å². The van der Waals surface area contributed by atoms with E-state index in [0.717, 1.165) is 88.4 Å². The van der Waals surface area contributed by atoms with Crippen LogP contribution in [0.25, 0.3) is 106 Å². The average molecular weight is 719 g/mol. The van der Waals surface area contributed by atoms with Gasteiger partial charge in [-0.15, -0.1) is 0 Å². The summed E-state index contributed by atoms with van der Waals surface area (Å²) in [6.45, 7) is 0. The molecule has 56 heavy (non-hydrogen) atoms. The van der Waals surface area contributed by atoms with E-state index >= 15 is 0 Å². The number of rotatable bonds is 6. The molecule has 7 heteroatoms. The molecule has 11 rings (SSSR count). The normalized spacial score (nSPS) is 11.6. The number of hydrogen-bond acceptors (Lipinski definition) is 6. The zero-order chi connectivity index (χ0) is 37.0. The van der Waals surface area contributed by atoms with Gasteiger partial charge in [0.1, 0.15) is 11.2 Å². The largest absolute Gasteiger partial charge is 0.456 e. The third-order valence-electron chi connectivity index (χ3n) is 10.4. The number of fused-ring (bicyclic) bond motifs is 7. The van der Waals surface area contributed by atoms with Gasteiger partial charge in [0.15, 0.2) is 17.5 Å². The number of hydrogen-bond donors (Lipinski definition) is 0. The maximum Gasteiger partial charge on any atom is 0.165 e. The molecule has 7 nitrogen and oxygen atoms in total. The average Bonchev–Trinajstić information content (AvgIpc) is 3.83. The van der Waals surface area contributed by atoms with Gasteiger partial charge in [-0.25, -0.2) is 15.0 Å². The Morgan fingerprint density at radius 2 is 0.946 bits per heavy atom. The Morgan fingerprint density at radius 1 is 0.411 bits per heavy atom. The Hall–Kier alpha value is -7.77. The van der Waals surface area contributed by atoms with Gasteiger partial charge in [-0.2, -0.15) is 0 Å². The molecule has 0 radical (unpaired) electrons. The van der Waals surface area contributed by atoms with E-state index in [2.05, 4.69) is 136 Å². The molecule has 0 saturated heterocycles. The highest BCUT2D eigenvalue weighted by Gasteiger charge is 2.25. The number of nitrogens with zero attached hydrogens (tertiary/aromatic N) is 6. The van der Waals surface area contributed by atoms with Crippen LogP contribution >= 0.6 is 0 Å². The Labute approximate surface area is 321 Å². The van der Waals surface area contributed by atoms with Crippen molar-refractivity contribution in [3.05, 3.63) is 183 Å². The maximum absolute atomic E-state index is 6.50. The van der Waals surface area contributed by atoms with Gasteiger partial charge in [0.05, 0.1) is 22.1 Å². The first kappa shape index (κ1) is 31.7. The quantitative estimate of drug-likeness (QED) is 0.170. The lowest BCUT2D eigenvalue weighted by Gasteiger charge is -2.21. The topological polar surface area (TPSA) is 82.5 Å². The zero-order valence-corrected chi connectivity index (χ0v) is 29.9. The minimum Gasteiger partial charge on any atom is -0.456 e. The van der Waals surface area contributed by atoms with Crippen molar-refractivity contribution in [2.45, 2.75) is 0 Å². The van der Waals surface area contributed by atoms with Gasteiger partial charge in [0.2, 0.25) is 0 Å². The first-order chi connectivity index (χ1) is 27.8. The maximum atomic E-state index is 6.50. The second-order valence-corrected chi connectivity index (χ2v) is 13.7. The van der Waals surface area contributed by atoms with Gasteiger partial charge in [0.25, 0.3) is 0 Å². The summed E-state index contributed by atoms with van der Waals surface area (Å²) in [5.74, 6) is 1.61. The molecule has 0 atom stereocenters. The summed E-state index contributed by atoms with van der Waals surface area (Å²) >= 11 is 0. The van der Waals surface area contributed by atoms with Crippen molar-refractivity contribution in [3.63, 3.8) is 0 Å². The lowest BCUT2D eigenvalue weighted by molar-refractivity contribution is 0.669. The summed E-state index contributed by atoms with van der Waals surface area (Å²) in [7, 11) is 0. The molecule has 0 bridgehead atoms. The molecule has 0 N–H and O–H groups in total. The van der Waals surface area contributed by atoms with Gasteiger partial charge in [-0.3, -0.25) is 9.97 Å². The van der Waals surface area contributed by atoms with Crippen molar-refractivity contribution >= 4 is 43.7 Å². The smallest absolute Gasteiger partial charge is 0.165 e. The zero-order valence-electron chi connectivity index (χ0n) is 29.9. The highest BCUT2D eigenvalue weighted by atomic mass is 16.3. The van der Waals surface area contributed by atoms with Crippen LogP contribution in [0.4, 0.5) is 0 Å². The number of furan rings is 1. The van der Waals surface area contributed by atoms with Crippen LogP contribution < -0.4 is 0 Å². The van der Waals surface area contributed by atoms with Crippen LogP contribution in [0.2, 0.25) is 0 Å². The molecular formula is C49H30N6O. The molecule has 11 aromatic rings. The van der Waals surface area contributed by atoms with E-state index in [9.17, 15) is 0 Å². The minimum absolute atomic E-state index is 0.533. The second-order valence-electron chi connectivity index (χ2n) is 13.7. The summed E-state index contributed by atoms with van der Waals surface area (Å²) in [5.41, 5.74) is 11.6. The molecule has 0 fully saturated rings. The molecular weight excluding hydrogens is 689 g/mol.